The van der Waals surface area contributed by atoms with Crippen molar-refractivity contribution >= 4 is 37.5 Å². The fourth-order valence-electron chi connectivity index (χ4n) is 2.74. The van der Waals surface area contributed by atoms with Crippen LogP contribution in [-0.4, -0.2) is 14.3 Å². The highest BCUT2D eigenvalue weighted by atomic mass is 79.9. The zero-order chi connectivity index (χ0) is 21.0. The van der Waals surface area contributed by atoms with Crippen molar-refractivity contribution in [3.8, 4) is 0 Å². The zero-order valence-corrected chi connectivity index (χ0v) is 17.8. The highest BCUT2D eigenvalue weighted by molar-refractivity contribution is 9.10. The Bertz CT molecular complexity index is 1150. The third kappa shape index (κ3) is 5.02. The van der Waals surface area contributed by atoms with Crippen LogP contribution in [0.1, 0.15) is 28.9 Å². The molecule has 1 atom stereocenters. The first-order valence-electron chi connectivity index (χ1n) is 8.70. The van der Waals surface area contributed by atoms with Crippen molar-refractivity contribution in [2.45, 2.75) is 17.9 Å². The largest absolute Gasteiger partial charge is 0.345 e. The molecule has 0 spiro atoms. The van der Waals surface area contributed by atoms with Gasteiger partial charge in [-0.05, 0) is 48.9 Å². The number of para-hydroxylation sites is 1. The van der Waals surface area contributed by atoms with Crippen molar-refractivity contribution in [1.82, 2.24) is 5.32 Å². The van der Waals surface area contributed by atoms with Crippen molar-refractivity contribution in [2.24, 2.45) is 0 Å². The SMILES string of the molecule is CC(NC(=O)c1cccc(S(=O)(=O)Nc2ccccc2F)c1)c1ccccc1Br. The van der Waals surface area contributed by atoms with Gasteiger partial charge in [0.15, 0.2) is 0 Å². The van der Waals surface area contributed by atoms with Gasteiger partial charge in [-0.15, -0.1) is 0 Å². The minimum Gasteiger partial charge on any atom is -0.345 e. The number of anilines is 1. The summed E-state index contributed by atoms with van der Waals surface area (Å²) in [5, 5.41) is 2.85. The predicted molar refractivity (Wildman–Crippen MR) is 114 cm³/mol. The number of nitrogens with one attached hydrogen (secondary N) is 2. The van der Waals surface area contributed by atoms with E-state index in [1.54, 1.807) is 0 Å². The summed E-state index contributed by atoms with van der Waals surface area (Å²) in [5.41, 5.74) is 0.913. The molecular weight excluding hydrogens is 459 g/mol. The summed E-state index contributed by atoms with van der Waals surface area (Å²) in [6.07, 6.45) is 0. The molecule has 0 saturated carbocycles. The molecule has 8 heteroatoms. The summed E-state index contributed by atoms with van der Waals surface area (Å²) in [7, 11) is -4.06. The molecule has 1 amide bonds. The van der Waals surface area contributed by atoms with Gasteiger partial charge in [-0.25, -0.2) is 12.8 Å². The Labute approximate surface area is 177 Å². The number of carbonyl (C=O) groups is 1. The third-order valence-corrected chi connectivity index (χ3v) is 6.33. The second-order valence-corrected chi connectivity index (χ2v) is 8.87. The van der Waals surface area contributed by atoms with Crippen molar-refractivity contribution in [3.05, 3.63) is 94.2 Å². The van der Waals surface area contributed by atoms with Gasteiger partial charge in [-0.2, -0.15) is 0 Å². The maximum absolute atomic E-state index is 13.8. The van der Waals surface area contributed by atoms with Gasteiger partial charge in [0, 0.05) is 10.0 Å². The molecule has 2 N–H and O–H groups in total. The Balaban J connectivity index is 1.81. The van der Waals surface area contributed by atoms with Crippen LogP contribution < -0.4 is 10.0 Å². The van der Waals surface area contributed by atoms with Crippen LogP contribution in [-0.2, 0) is 10.0 Å². The first kappa shape index (κ1) is 21.0. The monoisotopic (exact) mass is 476 g/mol. The lowest BCUT2D eigenvalue weighted by Gasteiger charge is -2.16. The molecule has 0 fully saturated rings. The number of halogens is 2. The maximum Gasteiger partial charge on any atom is 0.262 e. The number of hydrogen-bond acceptors (Lipinski definition) is 3. The molecule has 0 radical (unpaired) electrons. The fraction of sp³-hybridized carbons (Fsp3) is 0.0952. The van der Waals surface area contributed by atoms with Gasteiger partial charge >= 0.3 is 0 Å². The van der Waals surface area contributed by atoms with E-state index in [2.05, 4.69) is 26.0 Å². The minimum atomic E-state index is -4.06. The van der Waals surface area contributed by atoms with Gasteiger partial charge in [-0.3, -0.25) is 9.52 Å². The predicted octanol–water partition coefficient (Wildman–Crippen LogP) is 4.88. The van der Waals surface area contributed by atoms with Gasteiger partial charge in [0.25, 0.3) is 15.9 Å². The van der Waals surface area contributed by atoms with E-state index in [1.165, 1.54) is 42.5 Å². The number of sulfonamides is 1. The van der Waals surface area contributed by atoms with E-state index in [0.29, 0.717) is 0 Å². The topological polar surface area (TPSA) is 75.3 Å². The summed E-state index contributed by atoms with van der Waals surface area (Å²) >= 11 is 3.45. The summed E-state index contributed by atoms with van der Waals surface area (Å²) in [6.45, 7) is 1.83. The number of carbonyl (C=O) groups excluding carboxylic acids is 1. The molecule has 0 aromatic heterocycles. The number of hydrogen-bond donors (Lipinski definition) is 2. The van der Waals surface area contributed by atoms with Crippen LogP contribution in [0.15, 0.2) is 82.2 Å². The molecule has 1 unspecified atom stereocenters. The molecule has 0 aliphatic heterocycles. The summed E-state index contributed by atoms with van der Waals surface area (Å²) in [4.78, 5) is 12.5. The molecule has 3 aromatic carbocycles. The molecule has 0 heterocycles. The van der Waals surface area contributed by atoms with E-state index >= 15 is 0 Å². The van der Waals surface area contributed by atoms with E-state index in [-0.39, 0.29) is 22.2 Å². The summed E-state index contributed by atoms with van der Waals surface area (Å²) in [6, 6.07) is 18.2. The average Bonchev–Trinajstić information content (AvgIpc) is 2.70. The van der Waals surface area contributed by atoms with Gasteiger partial charge in [0.05, 0.1) is 16.6 Å². The van der Waals surface area contributed by atoms with Gasteiger partial charge in [0.2, 0.25) is 0 Å². The van der Waals surface area contributed by atoms with E-state index in [0.717, 1.165) is 16.1 Å². The number of amides is 1. The molecule has 3 aromatic rings. The van der Waals surface area contributed by atoms with Crippen molar-refractivity contribution < 1.29 is 17.6 Å². The van der Waals surface area contributed by atoms with Crippen molar-refractivity contribution in [1.29, 1.82) is 0 Å². The lowest BCUT2D eigenvalue weighted by molar-refractivity contribution is 0.0939. The second kappa shape index (κ2) is 8.75. The first-order chi connectivity index (χ1) is 13.8. The van der Waals surface area contributed by atoms with Crippen LogP contribution >= 0.6 is 15.9 Å². The van der Waals surface area contributed by atoms with Crippen LogP contribution in [0.3, 0.4) is 0 Å². The average molecular weight is 477 g/mol. The van der Waals surface area contributed by atoms with Crippen molar-refractivity contribution in [3.63, 3.8) is 0 Å². The first-order valence-corrected chi connectivity index (χ1v) is 11.0. The highest BCUT2D eigenvalue weighted by Gasteiger charge is 2.19. The molecular formula is C21H18BrFN2O3S. The van der Waals surface area contributed by atoms with Gasteiger partial charge in [0.1, 0.15) is 5.82 Å². The third-order valence-electron chi connectivity index (χ3n) is 4.24. The maximum atomic E-state index is 13.8. The molecule has 29 heavy (non-hydrogen) atoms. The number of rotatable bonds is 6. The quantitative estimate of drug-likeness (QED) is 0.532. The van der Waals surface area contributed by atoms with Crippen molar-refractivity contribution in [2.75, 3.05) is 4.72 Å². The summed E-state index contributed by atoms with van der Waals surface area (Å²) < 4.78 is 42.0. The lowest BCUT2D eigenvalue weighted by atomic mass is 10.1. The minimum absolute atomic E-state index is 0.137. The number of benzene rings is 3. The zero-order valence-electron chi connectivity index (χ0n) is 15.4. The Hall–Kier alpha value is -2.71. The highest BCUT2D eigenvalue weighted by Crippen LogP contribution is 2.24. The lowest BCUT2D eigenvalue weighted by Crippen LogP contribution is -2.27. The van der Waals surface area contributed by atoms with Crippen LogP contribution in [0, 0.1) is 5.82 Å². The Morgan fingerprint density at radius 1 is 1.00 bits per heavy atom. The van der Waals surface area contributed by atoms with Crippen LogP contribution in [0.5, 0.6) is 0 Å². The van der Waals surface area contributed by atoms with Crippen LogP contribution in [0.4, 0.5) is 10.1 Å². The standard InChI is InChI=1S/C21H18BrFN2O3S/c1-14(17-9-2-3-10-18(17)22)24-21(26)15-7-6-8-16(13-15)29(27,28)25-20-12-5-4-11-19(20)23/h2-14,25H,1H3,(H,24,26). The van der Waals surface area contributed by atoms with E-state index in [1.807, 2.05) is 31.2 Å². The molecule has 5 nitrogen and oxygen atoms in total. The molecule has 0 saturated heterocycles. The Morgan fingerprint density at radius 2 is 1.69 bits per heavy atom. The van der Waals surface area contributed by atoms with Gasteiger partial charge in [-0.1, -0.05) is 52.3 Å². The normalized spacial score (nSPS) is 12.2. The molecule has 0 aliphatic rings. The van der Waals surface area contributed by atoms with E-state index in [9.17, 15) is 17.6 Å². The van der Waals surface area contributed by atoms with E-state index in [4.69, 9.17) is 0 Å². The Kier molecular flexibility index (Phi) is 6.34. The van der Waals surface area contributed by atoms with Crippen LogP contribution in [0.25, 0.3) is 0 Å². The molecule has 0 aliphatic carbocycles. The smallest absolute Gasteiger partial charge is 0.262 e. The van der Waals surface area contributed by atoms with E-state index < -0.39 is 21.7 Å². The molecule has 3 rings (SSSR count). The van der Waals surface area contributed by atoms with Gasteiger partial charge < -0.3 is 5.32 Å². The molecule has 0 bridgehead atoms. The fourth-order valence-corrected chi connectivity index (χ4v) is 4.48. The van der Waals surface area contributed by atoms with Crippen LogP contribution in [0.2, 0.25) is 0 Å². The second-order valence-electron chi connectivity index (χ2n) is 6.33. The molecule has 150 valence electrons. The summed E-state index contributed by atoms with van der Waals surface area (Å²) in [5.74, 6) is -1.11. The Morgan fingerprint density at radius 3 is 2.41 bits per heavy atom.